The van der Waals surface area contributed by atoms with E-state index in [0.29, 0.717) is 11.5 Å². The Hall–Kier alpha value is -1.31. The van der Waals surface area contributed by atoms with Crippen LogP contribution in [-0.2, 0) is 0 Å². The van der Waals surface area contributed by atoms with Gasteiger partial charge in [-0.05, 0) is 79.9 Å². The normalized spacial score (nSPS) is 30.9. The summed E-state index contributed by atoms with van der Waals surface area (Å²) >= 11 is 0. The van der Waals surface area contributed by atoms with Crippen LogP contribution in [-0.4, -0.2) is 5.91 Å². The van der Waals surface area contributed by atoms with E-state index in [1.807, 2.05) is 12.1 Å². The Morgan fingerprint density at radius 3 is 1.96 bits per heavy atom. The quantitative estimate of drug-likeness (QED) is 0.744. The zero-order chi connectivity index (χ0) is 16.9. The molecule has 2 N–H and O–H groups in total. The van der Waals surface area contributed by atoms with Gasteiger partial charge in [-0.25, -0.2) is 0 Å². The molecule has 2 fully saturated rings. The number of benzene rings is 1. The maximum Gasteiger partial charge on any atom is 0.248 e. The van der Waals surface area contributed by atoms with Gasteiger partial charge in [-0.1, -0.05) is 44.7 Å². The van der Waals surface area contributed by atoms with Crippen LogP contribution in [0.3, 0.4) is 0 Å². The average Bonchev–Trinajstić information content (AvgIpc) is 2.63. The first-order chi connectivity index (χ1) is 11.7. The van der Waals surface area contributed by atoms with E-state index in [4.69, 9.17) is 5.73 Å². The Morgan fingerprint density at radius 2 is 1.46 bits per heavy atom. The van der Waals surface area contributed by atoms with Gasteiger partial charge in [-0.3, -0.25) is 4.79 Å². The molecule has 132 valence electrons. The maximum absolute atomic E-state index is 11.2. The predicted molar refractivity (Wildman–Crippen MR) is 100 cm³/mol. The zero-order valence-electron chi connectivity index (χ0n) is 15.2. The van der Waals surface area contributed by atoms with Crippen molar-refractivity contribution >= 4 is 5.91 Å². The molecule has 0 aliphatic heterocycles. The first-order valence-corrected chi connectivity index (χ1v) is 10.1. The summed E-state index contributed by atoms with van der Waals surface area (Å²) in [5, 5.41) is 0. The molecule has 2 aliphatic carbocycles. The number of carbonyl (C=O) groups excluding carboxylic acids is 1. The minimum atomic E-state index is -0.330. The molecule has 3 rings (SSSR count). The van der Waals surface area contributed by atoms with E-state index in [-0.39, 0.29) is 5.91 Å². The third kappa shape index (κ3) is 4.20. The lowest BCUT2D eigenvalue weighted by Crippen LogP contribution is -2.25. The van der Waals surface area contributed by atoms with Crippen molar-refractivity contribution in [3.05, 3.63) is 35.4 Å². The van der Waals surface area contributed by atoms with E-state index < -0.39 is 0 Å². The largest absolute Gasteiger partial charge is 0.366 e. The number of hydrogen-bond acceptors (Lipinski definition) is 1. The number of rotatable bonds is 5. The summed E-state index contributed by atoms with van der Waals surface area (Å²) in [7, 11) is 0. The Balaban J connectivity index is 1.48. The van der Waals surface area contributed by atoms with Crippen molar-refractivity contribution in [1.82, 2.24) is 0 Å². The molecule has 1 aromatic carbocycles. The number of hydrogen-bond donors (Lipinski definition) is 1. The smallest absolute Gasteiger partial charge is 0.248 e. The van der Waals surface area contributed by atoms with E-state index >= 15 is 0 Å². The maximum atomic E-state index is 11.2. The summed E-state index contributed by atoms with van der Waals surface area (Å²) in [4.78, 5) is 11.2. The third-order valence-electron chi connectivity index (χ3n) is 6.69. The van der Waals surface area contributed by atoms with Gasteiger partial charge >= 0.3 is 0 Å². The molecule has 0 bridgehead atoms. The molecule has 0 atom stereocenters. The summed E-state index contributed by atoms with van der Waals surface area (Å²) in [6.07, 6.45) is 14.1. The van der Waals surface area contributed by atoms with Crippen molar-refractivity contribution in [1.29, 1.82) is 0 Å². The molecule has 2 nitrogen and oxygen atoms in total. The van der Waals surface area contributed by atoms with Gasteiger partial charge in [0, 0.05) is 5.56 Å². The van der Waals surface area contributed by atoms with Gasteiger partial charge in [0.25, 0.3) is 0 Å². The molecule has 0 heterocycles. The van der Waals surface area contributed by atoms with E-state index in [1.165, 1.54) is 69.8 Å². The van der Waals surface area contributed by atoms with Crippen LogP contribution < -0.4 is 5.73 Å². The highest BCUT2D eigenvalue weighted by atomic mass is 16.1. The zero-order valence-corrected chi connectivity index (χ0v) is 15.2. The van der Waals surface area contributed by atoms with E-state index in [2.05, 4.69) is 19.1 Å². The number of primary amides is 1. The lowest BCUT2D eigenvalue weighted by Gasteiger charge is -2.38. The van der Waals surface area contributed by atoms with Crippen LogP contribution in [0.1, 0.15) is 93.0 Å². The van der Waals surface area contributed by atoms with E-state index in [0.717, 1.165) is 17.8 Å². The second-order valence-electron chi connectivity index (χ2n) is 8.17. The number of amides is 1. The Labute approximate surface area is 147 Å². The molecule has 2 heteroatoms. The Kier molecular flexibility index (Phi) is 5.97. The topological polar surface area (TPSA) is 43.1 Å². The molecule has 0 radical (unpaired) electrons. The SMILES string of the molecule is CCC[C@H]1CC[C@H]([C@H]2CC[C@H](c3ccc(C(N)=O)cc3)CC2)CC1. The van der Waals surface area contributed by atoms with Crippen LogP contribution in [0.25, 0.3) is 0 Å². The predicted octanol–water partition coefficient (Wildman–Crippen LogP) is 5.67. The van der Waals surface area contributed by atoms with Crippen LogP contribution in [0.4, 0.5) is 0 Å². The highest BCUT2D eigenvalue weighted by molar-refractivity contribution is 5.92. The number of nitrogens with two attached hydrogens (primary N) is 1. The molecule has 2 saturated carbocycles. The minimum absolute atomic E-state index is 0.330. The summed E-state index contributed by atoms with van der Waals surface area (Å²) in [5.74, 6) is 3.33. The van der Waals surface area contributed by atoms with Crippen molar-refractivity contribution in [2.75, 3.05) is 0 Å². The van der Waals surface area contributed by atoms with Gasteiger partial charge in [0.2, 0.25) is 5.91 Å². The minimum Gasteiger partial charge on any atom is -0.366 e. The lowest BCUT2D eigenvalue weighted by atomic mass is 9.68. The fourth-order valence-electron chi connectivity index (χ4n) is 5.20. The Morgan fingerprint density at radius 1 is 0.917 bits per heavy atom. The fourth-order valence-corrected chi connectivity index (χ4v) is 5.20. The van der Waals surface area contributed by atoms with Gasteiger partial charge in [0.1, 0.15) is 0 Å². The van der Waals surface area contributed by atoms with Crippen LogP contribution in [0, 0.1) is 17.8 Å². The standard InChI is InChI=1S/C22H33NO/c1-2-3-16-4-6-17(7-5-16)18-8-10-19(11-9-18)20-12-14-21(15-13-20)22(23)24/h12-19H,2-11H2,1H3,(H2,23,24)/t16-,17-,18-,19-. The van der Waals surface area contributed by atoms with Crippen LogP contribution in [0.5, 0.6) is 0 Å². The van der Waals surface area contributed by atoms with Crippen molar-refractivity contribution in [3.8, 4) is 0 Å². The summed E-state index contributed by atoms with van der Waals surface area (Å²) < 4.78 is 0. The van der Waals surface area contributed by atoms with Gasteiger partial charge < -0.3 is 5.73 Å². The second-order valence-corrected chi connectivity index (χ2v) is 8.17. The molecule has 0 spiro atoms. The molecule has 1 aromatic rings. The summed E-state index contributed by atoms with van der Waals surface area (Å²) in [6, 6.07) is 8.00. The third-order valence-corrected chi connectivity index (χ3v) is 6.69. The molecule has 24 heavy (non-hydrogen) atoms. The van der Waals surface area contributed by atoms with Crippen LogP contribution in [0.15, 0.2) is 24.3 Å². The summed E-state index contributed by atoms with van der Waals surface area (Å²) in [6.45, 7) is 2.32. The molecule has 2 aliphatic rings. The molecular weight excluding hydrogens is 294 g/mol. The summed E-state index contributed by atoms with van der Waals surface area (Å²) in [5.41, 5.74) is 7.35. The molecule has 0 unspecified atom stereocenters. The van der Waals surface area contributed by atoms with Gasteiger partial charge in [0.05, 0.1) is 0 Å². The average molecular weight is 328 g/mol. The van der Waals surface area contributed by atoms with Gasteiger partial charge in [0.15, 0.2) is 0 Å². The van der Waals surface area contributed by atoms with Crippen molar-refractivity contribution in [2.24, 2.45) is 23.5 Å². The van der Waals surface area contributed by atoms with E-state index in [9.17, 15) is 4.79 Å². The van der Waals surface area contributed by atoms with E-state index in [1.54, 1.807) is 0 Å². The number of carbonyl (C=O) groups is 1. The fraction of sp³-hybridized carbons (Fsp3) is 0.682. The van der Waals surface area contributed by atoms with Gasteiger partial charge in [-0.2, -0.15) is 0 Å². The molecule has 0 aromatic heterocycles. The highest BCUT2D eigenvalue weighted by Crippen LogP contribution is 2.44. The monoisotopic (exact) mass is 327 g/mol. The van der Waals surface area contributed by atoms with Gasteiger partial charge in [-0.15, -0.1) is 0 Å². The Bertz CT molecular complexity index is 519. The molecular formula is C22H33NO. The first-order valence-electron chi connectivity index (χ1n) is 10.1. The van der Waals surface area contributed by atoms with Crippen molar-refractivity contribution in [3.63, 3.8) is 0 Å². The van der Waals surface area contributed by atoms with Crippen LogP contribution >= 0.6 is 0 Å². The molecule has 0 saturated heterocycles. The first kappa shape index (κ1) is 17.5. The van der Waals surface area contributed by atoms with Crippen molar-refractivity contribution in [2.45, 2.75) is 77.0 Å². The lowest BCUT2D eigenvalue weighted by molar-refractivity contribution is 0.100. The van der Waals surface area contributed by atoms with Crippen LogP contribution in [0.2, 0.25) is 0 Å². The van der Waals surface area contributed by atoms with Crippen molar-refractivity contribution < 1.29 is 4.79 Å². The molecule has 1 amide bonds. The highest BCUT2D eigenvalue weighted by Gasteiger charge is 2.31. The second kappa shape index (κ2) is 8.18.